The Bertz CT molecular complexity index is 1980. The number of aliphatic hydroxyl groups is 1. The average Bonchev–Trinajstić information content (AvgIpc) is 3.28. The minimum Gasteiger partial charge on any atom is -0.512 e. The Morgan fingerprint density at radius 3 is 2.39 bits per heavy atom. The Balaban J connectivity index is 0.000000379. The van der Waals surface area contributed by atoms with Crippen molar-refractivity contribution in [2.45, 2.75) is 40.0 Å². The van der Waals surface area contributed by atoms with Crippen LogP contribution >= 0.6 is 0 Å². The van der Waals surface area contributed by atoms with Gasteiger partial charge in [0.1, 0.15) is 11.2 Å². The minimum absolute atomic E-state index is 0. The summed E-state index contributed by atoms with van der Waals surface area (Å²) >= 11 is 0. The third-order valence-corrected chi connectivity index (χ3v) is 7.65. The van der Waals surface area contributed by atoms with Crippen molar-refractivity contribution >= 4 is 38.5 Å². The van der Waals surface area contributed by atoms with Crippen LogP contribution in [0.25, 0.3) is 55.1 Å². The fourth-order valence-electron chi connectivity index (χ4n) is 5.84. The summed E-state index contributed by atoms with van der Waals surface area (Å²) in [5, 5.41) is 13.0. The summed E-state index contributed by atoms with van der Waals surface area (Å²) in [4.78, 5) is 14.9. The molecule has 0 aliphatic heterocycles. The summed E-state index contributed by atoms with van der Waals surface area (Å²) in [6, 6.07) is 29.6. The number of carbonyl (C=O) groups excluding carboxylic acids is 1. The zero-order valence-electron chi connectivity index (χ0n) is 23.6. The van der Waals surface area contributed by atoms with E-state index in [0.717, 1.165) is 44.3 Å². The van der Waals surface area contributed by atoms with Gasteiger partial charge in [-0.15, -0.1) is 23.6 Å². The number of benzene rings is 4. The van der Waals surface area contributed by atoms with E-state index in [-0.39, 0.29) is 37.1 Å². The molecule has 0 saturated carbocycles. The molecule has 2 heterocycles. The molecule has 5 heteroatoms. The molecular formula is C36H30IrNO3-. The second-order valence-electron chi connectivity index (χ2n) is 11.0. The number of hydrogen-bond donors (Lipinski definition) is 1. The average molecular weight is 717 g/mol. The predicted molar refractivity (Wildman–Crippen MR) is 163 cm³/mol. The van der Waals surface area contributed by atoms with Gasteiger partial charge in [-0.3, -0.25) is 9.78 Å². The van der Waals surface area contributed by atoms with Crippen LogP contribution in [0, 0.1) is 13.0 Å². The first kappa shape index (κ1) is 28.5. The molecule has 1 aliphatic rings. The summed E-state index contributed by atoms with van der Waals surface area (Å²) in [5.41, 5.74) is 9.65. The molecule has 4 nitrogen and oxygen atoms in total. The van der Waals surface area contributed by atoms with Crippen LogP contribution in [0.1, 0.15) is 44.4 Å². The van der Waals surface area contributed by atoms with Gasteiger partial charge in [-0.1, -0.05) is 90.5 Å². The molecule has 6 aromatic rings. The number of aryl methyl sites for hydroxylation is 1. The number of aliphatic hydroxyl groups excluding tert-OH is 1. The second-order valence-corrected chi connectivity index (χ2v) is 11.0. The quantitative estimate of drug-likeness (QED) is 0.110. The zero-order chi connectivity index (χ0) is 28.2. The van der Waals surface area contributed by atoms with Crippen LogP contribution in [0.4, 0.5) is 0 Å². The Hall–Kier alpha value is -4.05. The molecule has 0 unspecified atom stereocenters. The summed E-state index contributed by atoms with van der Waals surface area (Å²) in [6.07, 6.45) is 3.02. The van der Waals surface area contributed by atoms with E-state index in [0.29, 0.717) is 0 Å². The molecule has 0 saturated heterocycles. The van der Waals surface area contributed by atoms with Crippen molar-refractivity contribution < 1.29 is 34.4 Å². The fourth-order valence-corrected chi connectivity index (χ4v) is 5.84. The van der Waals surface area contributed by atoms with Crippen LogP contribution in [0.3, 0.4) is 0 Å². The van der Waals surface area contributed by atoms with E-state index in [1.807, 2.05) is 18.3 Å². The van der Waals surface area contributed by atoms with Crippen LogP contribution in [-0.2, 0) is 30.3 Å². The number of hydrogen-bond acceptors (Lipinski definition) is 4. The van der Waals surface area contributed by atoms with Gasteiger partial charge in [-0.2, -0.15) is 0 Å². The van der Waals surface area contributed by atoms with E-state index >= 15 is 0 Å². The van der Waals surface area contributed by atoms with Gasteiger partial charge >= 0.3 is 0 Å². The van der Waals surface area contributed by atoms with E-state index in [9.17, 15) is 4.79 Å². The van der Waals surface area contributed by atoms with Crippen molar-refractivity contribution in [3.63, 3.8) is 0 Å². The molecule has 2 aromatic heterocycles. The van der Waals surface area contributed by atoms with Gasteiger partial charge in [-0.05, 0) is 43.4 Å². The number of nitrogens with zero attached hydrogens (tertiary/aromatic N) is 1. The summed E-state index contributed by atoms with van der Waals surface area (Å²) < 4.78 is 6.55. The maximum atomic E-state index is 10.0. The largest absolute Gasteiger partial charge is 0.512 e. The number of allylic oxidation sites excluding steroid dienone is 2. The van der Waals surface area contributed by atoms with Crippen LogP contribution in [-0.4, -0.2) is 15.9 Å². The van der Waals surface area contributed by atoms with E-state index in [4.69, 9.17) is 14.5 Å². The second kappa shape index (κ2) is 10.7. The van der Waals surface area contributed by atoms with Crippen molar-refractivity contribution in [3.05, 3.63) is 114 Å². The number of fused-ring (bicyclic) bond motifs is 3. The summed E-state index contributed by atoms with van der Waals surface area (Å²) in [6.45, 7) is 9.61. The molecule has 1 radical (unpaired) electrons. The van der Waals surface area contributed by atoms with Crippen LogP contribution in [0.2, 0.25) is 0 Å². The topological polar surface area (TPSA) is 63.3 Å². The standard InChI is InChI=1S/C31H22NO.C5H8O2.Ir/c1-18-9-10-20-16-23-25(17-21(20)15-18)31(2,3)24-12-11-22(19-7-5-4-6-8-19)30-27(24)28-26(33-30)13-14-32-29(23)28;1-4(6)3-5(2)7;/h4-15,17H,1-3H3;3,6H,1-2H3;/q-1;;/b;4-3-;. The molecule has 0 fully saturated rings. The SMILES string of the molecule is CC(=O)/C=C(/C)O.Cc1ccc2[c-]c3c(cc2c1)C(C)(C)c1ccc(-c2ccccc2)c2oc4ccnc-3c4c12.[Ir]. The molecule has 0 amide bonds. The number of aromatic nitrogens is 1. The molecule has 1 N–H and O–H groups in total. The van der Waals surface area contributed by atoms with Gasteiger partial charge in [0, 0.05) is 54.4 Å². The Kier molecular flexibility index (Phi) is 7.46. The fraction of sp³-hybridized carbons (Fsp3) is 0.167. The zero-order valence-corrected chi connectivity index (χ0v) is 26.0. The van der Waals surface area contributed by atoms with Gasteiger partial charge in [0.25, 0.3) is 0 Å². The summed E-state index contributed by atoms with van der Waals surface area (Å²) in [7, 11) is 0. The first-order valence-electron chi connectivity index (χ1n) is 13.4. The van der Waals surface area contributed by atoms with E-state index in [1.54, 1.807) is 0 Å². The Labute approximate surface area is 253 Å². The summed E-state index contributed by atoms with van der Waals surface area (Å²) in [5.74, 6) is -0.0625. The maximum Gasteiger partial charge on any atom is 0.155 e. The molecule has 4 aromatic carbocycles. The molecule has 7 rings (SSSR count). The number of ketones is 1. The number of pyridine rings is 1. The molecule has 0 atom stereocenters. The van der Waals surface area contributed by atoms with Gasteiger partial charge in [0.2, 0.25) is 0 Å². The molecule has 1 aliphatic carbocycles. The third-order valence-electron chi connectivity index (χ3n) is 7.65. The smallest absolute Gasteiger partial charge is 0.155 e. The monoisotopic (exact) mass is 717 g/mol. The van der Waals surface area contributed by atoms with E-state index < -0.39 is 0 Å². The molecule has 41 heavy (non-hydrogen) atoms. The first-order chi connectivity index (χ1) is 19.1. The number of rotatable bonds is 2. The van der Waals surface area contributed by atoms with Crippen molar-refractivity contribution in [2.75, 3.05) is 0 Å². The van der Waals surface area contributed by atoms with Crippen LogP contribution in [0.5, 0.6) is 0 Å². The molecule has 207 valence electrons. The molecule has 0 spiro atoms. The van der Waals surface area contributed by atoms with E-state index in [1.165, 1.54) is 47.4 Å². The Morgan fingerprint density at radius 1 is 0.951 bits per heavy atom. The van der Waals surface area contributed by atoms with Crippen molar-refractivity contribution in [1.82, 2.24) is 4.98 Å². The van der Waals surface area contributed by atoms with Gasteiger partial charge in [-0.25, -0.2) is 0 Å². The molecule has 0 bridgehead atoms. The minimum atomic E-state index is -0.241. The van der Waals surface area contributed by atoms with Crippen molar-refractivity contribution in [1.29, 1.82) is 0 Å². The van der Waals surface area contributed by atoms with Crippen LogP contribution < -0.4 is 0 Å². The van der Waals surface area contributed by atoms with Gasteiger partial charge < -0.3 is 9.52 Å². The first-order valence-corrected chi connectivity index (χ1v) is 13.4. The predicted octanol–water partition coefficient (Wildman–Crippen LogP) is 9.25. The maximum absolute atomic E-state index is 10.0. The number of carbonyl (C=O) groups is 1. The van der Waals surface area contributed by atoms with Gasteiger partial charge in [0.05, 0.1) is 5.76 Å². The Morgan fingerprint density at radius 2 is 1.71 bits per heavy atom. The normalized spacial score (nSPS) is 13.3. The van der Waals surface area contributed by atoms with Gasteiger partial charge in [0.15, 0.2) is 5.78 Å². The van der Waals surface area contributed by atoms with Crippen molar-refractivity contribution in [3.8, 4) is 22.4 Å². The third kappa shape index (κ3) is 4.90. The van der Waals surface area contributed by atoms with E-state index in [2.05, 4.69) is 87.5 Å². The van der Waals surface area contributed by atoms with Crippen molar-refractivity contribution in [2.24, 2.45) is 0 Å². The molecular weight excluding hydrogens is 687 g/mol. The number of furan rings is 1. The van der Waals surface area contributed by atoms with Crippen LogP contribution in [0.15, 0.2) is 95.2 Å².